The van der Waals surface area contributed by atoms with Crippen molar-refractivity contribution in [2.45, 2.75) is 72.0 Å². The molecule has 3 unspecified atom stereocenters. The van der Waals surface area contributed by atoms with Crippen molar-refractivity contribution in [3.8, 4) is 11.5 Å². The summed E-state index contributed by atoms with van der Waals surface area (Å²) in [5.74, 6) is 5.14. The maximum absolute atomic E-state index is 13.2. The summed E-state index contributed by atoms with van der Waals surface area (Å²) >= 11 is 0. The summed E-state index contributed by atoms with van der Waals surface area (Å²) in [6, 6.07) is 10.2. The van der Waals surface area contributed by atoms with Crippen molar-refractivity contribution in [2.75, 3.05) is 18.6 Å². The van der Waals surface area contributed by atoms with Crippen LogP contribution in [0.25, 0.3) is 0 Å². The van der Waals surface area contributed by atoms with Gasteiger partial charge in [0.15, 0.2) is 0 Å². The molecule has 0 N–H and O–H groups in total. The quantitative estimate of drug-likeness (QED) is 0.304. The number of rotatable bonds is 9. The van der Waals surface area contributed by atoms with E-state index in [1.165, 1.54) is 26.0 Å². The smallest absolute Gasteiger partial charge is 0.416 e. The number of fused-ring (bicyclic) bond motifs is 1. The van der Waals surface area contributed by atoms with E-state index in [1.54, 1.807) is 6.26 Å². The summed E-state index contributed by atoms with van der Waals surface area (Å²) in [5.41, 5.74) is 1.43. The van der Waals surface area contributed by atoms with Gasteiger partial charge in [-0.3, -0.25) is 9.00 Å². The van der Waals surface area contributed by atoms with Crippen molar-refractivity contribution in [1.29, 1.82) is 0 Å². The lowest BCUT2D eigenvalue weighted by atomic mass is 9.81. The van der Waals surface area contributed by atoms with Crippen LogP contribution in [0.15, 0.2) is 42.5 Å². The van der Waals surface area contributed by atoms with Gasteiger partial charge in [-0.15, -0.1) is 0 Å². The number of hydrogen-bond acceptors (Lipinski definition) is 4. The van der Waals surface area contributed by atoms with Gasteiger partial charge >= 0.3 is 6.18 Å². The van der Waals surface area contributed by atoms with E-state index in [-0.39, 0.29) is 35.8 Å². The molecular formula is C30H40F3NO4S. The van der Waals surface area contributed by atoms with E-state index in [2.05, 4.69) is 19.7 Å². The minimum absolute atomic E-state index is 0.0255. The van der Waals surface area contributed by atoms with Crippen LogP contribution in [0.1, 0.15) is 76.1 Å². The van der Waals surface area contributed by atoms with Gasteiger partial charge < -0.3 is 14.4 Å². The van der Waals surface area contributed by atoms with E-state index < -0.39 is 21.3 Å². The average molecular weight is 568 g/mol. The molecule has 1 aliphatic heterocycles. The third kappa shape index (κ3) is 10.0. The Morgan fingerprint density at radius 1 is 1.10 bits per heavy atom. The number of hydrogen-bond donors (Lipinski definition) is 0. The molecule has 0 spiro atoms. The predicted molar refractivity (Wildman–Crippen MR) is 152 cm³/mol. The third-order valence-corrected chi connectivity index (χ3v) is 7.58. The zero-order chi connectivity index (χ0) is 29.4. The van der Waals surface area contributed by atoms with E-state index in [0.29, 0.717) is 24.5 Å². The monoisotopic (exact) mass is 567 g/mol. The van der Waals surface area contributed by atoms with Crippen LogP contribution in [0, 0.1) is 5.92 Å². The van der Waals surface area contributed by atoms with Gasteiger partial charge in [0.2, 0.25) is 5.91 Å². The minimum atomic E-state index is -4.40. The number of nitrogens with zero attached hydrogens (tertiary/aromatic N) is 1. The highest BCUT2D eigenvalue weighted by Crippen LogP contribution is 2.41. The Balaban J connectivity index is 0.00000124. The predicted octanol–water partition coefficient (Wildman–Crippen LogP) is 7.08. The molecule has 0 fully saturated rings. The molecule has 0 saturated heterocycles. The fourth-order valence-corrected chi connectivity index (χ4v) is 5.33. The first-order valence-corrected chi connectivity index (χ1v) is 15.5. The molecule has 2 aromatic rings. The molecule has 5 nitrogen and oxygen atoms in total. The highest BCUT2D eigenvalue weighted by atomic mass is 32.2. The molecule has 3 atom stereocenters. The summed E-state index contributed by atoms with van der Waals surface area (Å²) in [7, 11) is -2.26. The molecule has 1 amide bonds. The first kappa shape index (κ1) is 32.4. The van der Waals surface area contributed by atoms with E-state index in [4.69, 9.17) is 4.74 Å². The van der Waals surface area contributed by atoms with Gasteiger partial charge in [-0.25, -0.2) is 0 Å². The summed E-state index contributed by atoms with van der Waals surface area (Å²) in [5, 5.41) is 0. The molecule has 0 saturated carbocycles. The number of carbonyl (C=O) groups is 2. The largest absolute Gasteiger partial charge is 0.457 e. The maximum Gasteiger partial charge on any atom is 0.416 e. The average Bonchev–Trinajstić information content (AvgIpc) is 2.84. The lowest BCUT2D eigenvalue weighted by molar-refractivity contribution is -0.137. The minimum Gasteiger partial charge on any atom is -0.457 e. The van der Waals surface area contributed by atoms with Crippen molar-refractivity contribution in [2.24, 2.45) is 5.92 Å². The zero-order valence-corrected chi connectivity index (χ0v) is 24.3. The molecule has 1 heterocycles. The normalized spacial score (nSPS) is 17.2. The Labute approximate surface area is 230 Å². The Morgan fingerprint density at radius 3 is 2.21 bits per heavy atom. The Bertz CT molecular complexity index is 1220. The highest BCUT2D eigenvalue weighted by Gasteiger charge is 2.35. The van der Waals surface area contributed by atoms with Crippen LogP contribution in [0.5, 0.6) is 11.5 Å². The number of ether oxygens (including phenoxy) is 1. The molecule has 39 heavy (non-hydrogen) atoms. The van der Waals surface area contributed by atoms with Crippen LogP contribution in [0.4, 0.5) is 13.2 Å². The summed E-state index contributed by atoms with van der Waals surface area (Å²) in [6.07, 6.45) is 0.887. The SMILES string of the molecule is C=S(C)(=O)CCC(=O)N1CCc2ccc(Oc3ccc(C(F)(F)F)cc3)cc2C1C(CC)CCC.CC(C)=O. The molecule has 9 heteroatoms. The highest BCUT2D eigenvalue weighted by molar-refractivity contribution is 7.99. The van der Waals surface area contributed by atoms with Crippen molar-refractivity contribution in [1.82, 2.24) is 4.90 Å². The Hall–Kier alpha value is -2.81. The van der Waals surface area contributed by atoms with Crippen LogP contribution >= 0.6 is 0 Å². The van der Waals surface area contributed by atoms with E-state index in [0.717, 1.165) is 42.5 Å². The second kappa shape index (κ2) is 14.0. The van der Waals surface area contributed by atoms with Crippen LogP contribution in [0.2, 0.25) is 0 Å². The second-order valence-electron chi connectivity index (χ2n) is 10.3. The van der Waals surface area contributed by atoms with Crippen molar-refractivity contribution in [3.63, 3.8) is 0 Å². The van der Waals surface area contributed by atoms with Crippen LogP contribution in [-0.4, -0.2) is 45.2 Å². The lowest BCUT2D eigenvalue weighted by Gasteiger charge is -2.42. The van der Waals surface area contributed by atoms with Gasteiger partial charge in [0, 0.05) is 25.0 Å². The van der Waals surface area contributed by atoms with Crippen molar-refractivity contribution < 1.29 is 31.7 Å². The summed E-state index contributed by atoms with van der Waals surface area (Å²) in [4.78, 5) is 24.6. The van der Waals surface area contributed by atoms with E-state index in [9.17, 15) is 27.0 Å². The third-order valence-electron chi connectivity index (χ3n) is 6.51. The molecule has 0 aliphatic carbocycles. The topological polar surface area (TPSA) is 63.7 Å². The number of Topliss-reactive ketones (excluding diaryl/α,β-unsaturated/α-hetero) is 1. The summed E-state index contributed by atoms with van der Waals surface area (Å²) in [6.45, 7) is 7.89. The van der Waals surface area contributed by atoms with Gasteiger partial charge in [-0.1, -0.05) is 32.8 Å². The molecule has 3 rings (SSSR count). The number of amides is 1. The van der Waals surface area contributed by atoms with Gasteiger partial charge in [0.25, 0.3) is 0 Å². The van der Waals surface area contributed by atoms with Crippen molar-refractivity contribution in [3.05, 3.63) is 59.2 Å². The van der Waals surface area contributed by atoms with Crippen LogP contribution in [0.3, 0.4) is 0 Å². The Morgan fingerprint density at radius 2 is 1.69 bits per heavy atom. The molecule has 0 bridgehead atoms. The molecule has 216 valence electrons. The molecular weight excluding hydrogens is 527 g/mol. The standard InChI is InChI=1S/C27H34F3NO3S.C3H6O/c1-5-7-19(6-2)26-24-18-23(34-22-12-9-21(10-13-22)27(28,29)30)11-8-20(24)14-16-31(26)25(32)15-17-35(3,4)33;1-3(2)4/h8-13,18-19,26H,3,5-7,14-17H2,1-2,4H3;1-2H3. The first-order chi connectivity index (χ1) is 18.2. The van der Waals surface area contributed by atoms with Crippen molar-refractivity contribution >= 4 is 27.1 Å². The lowest BCUT2D eigenvalue weighted by Crippen LogP contribution is -2.43. The van der Waals surface area contributed by atoms with Crippen LogP contribution in [-0.2, 0) is 31.7 Å². The fourth-order valence-electron chi connectivity index (χ4n) is 4.73. The molecule has 1 aliphatic rings. The molecule has 2 aromatic carbocycles. The second-order valence-corrected chi connectivity index (χ2v) is 13.0. The Kier molecular flexibility index (Phi) is 11.6. The van der Waals surface area contributed by atoms with Gasteiger partial charge in [-0.2, -0.15) is 13.2 Å². The zero-order valence-electron chi connectivity index (χ0n) is 23.5. The number of halogens is 3. The number of benzene rings is 2. The van der Waals surface area contributed by atoms with E-state index >= 15 is 0 Å². The number of ketones is 1. The first-order valence-electron chi connectivity index (χ1n) is 13.2. The van der Waals surface area contributed by atoms with Gasteiger partial charge in [-0.05, 0) is 95.5 Å². The van der Waals surface area contributed by atoms with E-state index in [1.807, 2.05) is 23.1 Å². The molecule has 0 aromatic heterocycles. The fraction of sp³-hybridized carbons (Fsp3) is 0.500. The molecule has 0 radical (unpaired) electrons. The van der Waals surface area contributed by atoms with Gasteiger partial charge in [0.05, 0.1) is 11.6 Å². The van der Waals surface area contributed by atoms with Gasteiger partial charge in [0.1, 0.15) is 17.3 Å². The number of carbonyl (C=O) groups excluding carboxylic acids is 2. The van der Waals surface area contributed by atoms with Crippen LogP contribution < -0.4 is 4.74 Å². The maximum atomic E-state index is 13.2. The summed E-state index contributed by atoms with van der Waals surface area (Å²) < 4.78 is 56.6. The number of alkyl halides is 3.